The lowest BCUT2D eigenvalue weighted by Gasteiger charge is -2.33. The third-order valence-corrected chi connectivity index (χ3v) is 4.65. The molecular weight excluding hydrogens is 288 g/mol. The van der Waals surface area contributed by atoms with Gasteiger partial charge in [-0.25, -0.2) is 0 Å². The molecule has 1 aromatic carbocycles. The average Bonchev–Trinajstić information content (AvgIpc) is 2.54. The van der Waals surface area contributed by atoms with Crippen LogP contribution in [0.3, 0.4) is 0 Å². The van der Waals surface area contributed by atoms with Gasteiger partial charge in [0.05, 0.1) is 0 Å². The molecule has 1 unspecified atom stereocenters. The Morgan fingerprint density at radius 3 is 2.52 bits per heavy atom. The molecule has 1 aliphatic heterocycles. The van der Waals surface area contributed by atoms with Gasteiger partial charge in [0.2, 0.25) is 0 Å². The van der Waals surface area contributed by atoms with Gasteiger partial charge in [0, 0.05) is 13.1 Å². The second-order valence-corrected chi connectivity index (χ2v) is 6.89. The summed E-state index contributed by atoms with van der Waals surface area (Å²) in [6, 6.07) is 6.54. The van der Waals surface area contributed by atoms with Crippen LogP contribution in [-0.4, -0.2) is 43.1 Å². The summed E-state index contributed by atoms with van der Waals surface area (Å²) in [7, 11) is 1.90. The maximum absolute atomic E-state index is 12.7. The Bertz CT molecular complexity index is 536. The molecule has 23 heavy (non-hydrogen) atoms. The van der Waals surface area contributed by atoms with Crippen LogP contribution < -0.4 is 10.1 Å². The van der Waals surface area contributed by atoms with Crippen LogP contribution in [0.25, 0.3) is 0 Å². The molecule has 4 heteroatoms. The second kappa shape index (κ2) is 7.82. The van der Waals surface area contributed by atoms with Crippen LogP contribution in [0.4, 0.5) is 0 Å². The predicted octanol–water partition coefficient (Wildman–Crippen LogP) is 3.10. The molecule has 0 bridgehead atoms. The molecular formula is C19H30N2O2. The summed E-state index contributed by atoms with van der Waals surface area (Å²) >= 11 is 0. The highest BCUT2D eigenvalue weighted by atomic mass is 16.5. The summed E-state index contributed by atoms with van der Waals surface area (Å²) in [5, 5.41) is 3.33. The monoisotopic (exact) mass is 318 g/mol. The van der Waals surface area contributed by atoms with Crippen LogP contribution >= 0.6 is 0 Å². The molecule has 0 spiro atoms. The molecule has 128 valence electrons. The number of benzene rings is 1. The van der Waals surface area contributed by atoms with Crippen molar-refractivity contribution in [2.45, 2.75) is 58.6 Å². The van der Waals surface area contributed by atoms with Crippen molar-refractivity contribution in [3.8, 4) is 5.75 Å². The predicted molar refractivity (Wildman–Crippen MR) is 94.0 cm³/mol. The fraction of sp³-hybridized carbons (Fsp3) is 0.632. The van der Waals surface area contributed by atoms with Gasteiger partial charge in [-0.1, -0.05) is 26.0 Å². The van der Waals surface area contributed by atoms with E-state index in [1.54, 1.807) is 0 Å². The lowest BCUT2D eigenvalue weighted by molar-refractivity contribution is -0.139. The van der Waals surface area contributed by atoms with Crippen LogP contribution in [0.2, 0.25) is 0 Å². The number of ether oxygens (including phenoxy) is 1. The summed E-state index contributed by atoms with van der Waals surface area (Å²) in [5.74, 6) is 1.27. The van der Waals surface area contributed by atoms with Gasteiger partial charge in [-0.2, -0.15) is 0 Å². The van der Waals surface area contributed by atoms with Gasteiger partial charge in [0.15, 0.2) is 6.10 Å². The van der Waals surface area contributed by atoms with Crippen molar-refractivity contribution in [1.82, 2.24) is 10.2 Å². The largest absolute Gasteiger partial charge is 0.481 e. The number of hydrogen-bond acceptors (Lipinski definition) is 3. The zero-order valence-electron chi connectivity index (χ0n) is 15.1. The van der Waals surface area contributed by atoms with Crippen LogP contribution in [0.1, 0.15) is 50.7 Å². The summed E-state index contributed by atoms with van der Waals surface area (Å²) in [4.78, 5) is 14.6. The number of carbonyl (C=O) groups excluding carboxylic acids is 1. The van der Waals surface area contributed by atoms with E-state index in [2.05, 4.69) is 31.3 Å². The van der Waals surface area contributed by atoms with E-state index in [4.69, 9.17) is 4.74 Å². The third-order valence-electron chi connectivity index (χ3n) is 4.65. The molecule has 4 nitrogen and oxygen atoms in total. The van der Waals surface area contributed by atoms with Crippen molar-refractivity contribution in [2.24, 2.45) is 0 Å². The first-order valence-electron chi connectivity index (χ1n) is 8.64. The minimum atomic E-state index is -0.464. The van der Waals surface area contributed by atoms with E-state index in [9.17, 15) is 4.79 Å². The van der Waals surface area contributed by atoms with Crippen LogP contribution in [0.15, 0.2) is 18.2 Å². The molecule has 0 aliphatic carbocycles. The maximum Gasteiger partial charge on any atom is 0.263 e. The van der Waals surface area contributed by atoms with Crippen LogP contribution in [0, 0.1) is 6.92 Å². The van der Waals surface area contributed by atoms with Crippen molar-refractivity contribution in [3.63, 3.8) is 0 Å². The molecule has 1 atom stereocenters. The van der Waals surface area contributed by atoms with Gasteiger partial charge >= 0.3 is 0 Å². The molecule has 1 aliphatic rings. The molecule has 1 N–H and O–H groups in total. The van der Waals surface area contributed by atoms with Crippen molar-refractivity contribution >= 4 is 5.91 Å². The number of rotatable bonds is 5. The Hall–Kier alpha value is -1.55. The Morgan fingerprint density at radius 1 is 1.26 bits per heavy atom. The molecule has 1 fully saturated rings. The number of carbonyl (C=O) groups is 1. The van der Waals surface area contributed by atoms with Crippen molar-refractivity contribution in [2.75, 3.05) is 20.1 Å². The van der Waals surface area contributed by atoms with Crippen molar-refractivity contribution < 1.29 is 9.53 Å². The highest BCUT2D eigenvalue weighted by Crippen LogP contribution is 2.28. The van der Waals surface area contributed by atoms with Crippen molar-refractivity contribution in [1.29, 1.82) is 0 Å². The summed E-state index contributed by atoms with van der Waals surface area (Å²) in [6.45, 7) is 10.1. The topological polar surface area (TPSA) is 41.6 Å². The van der Waals surface area contributed by atoms with E-state index in [0.717, 1.165) is 42.8 Å². The zero-order chi connectivity index (χ0) is 17.0. The molecule has 0 saturated carbocycles. The average molecular weight is 318 g/mol. The van der Waals surface area contributed by atoms with Gasteiger partial charge < -0.3 is 15.0 Å². The number of nitrogens with one attached hydrogen (secondary N) is 1. The molecule has 0 radical (unpaired) electrons. The lowest BCUT2D eigenvalue weighted by atomic mass is 10.0. The minimum absolute atomic E-state index is 0.0631. The smallest absolute Gasteiger partial charge is 0.263 e. The summed E-state index contributed by atoms with van der Waals surface area (Å²) in [5.41, 5.74) is 2.30. The van der Waals surface area contributed by atoms with Crippen LogP contribution in [0.5, 0.6) is 5.75 Å². The van der Waals surface area contributed by atoms with Gasteiger partial charge in [-0.05, 0) is 62.9 Å². The lowest BCUT2D eigenvalue weighted by Crippen LogP contribution is -2.48. The third kappa shape index (κ3) is 4.47. The van der Waals surface area contributed by atoms with E-state index < -0.39 is 6.10 Å². The first-order chi connectivity index (χ1) is 10.9. The van der Waals surface area contributed by atoms with Gasteiger partial charge in [-0.15, -0.1) is 0 Å². The standard InChI is InChI=1S/C19H30N2O2/c1-13(2)17-7-6-14(3)12-18(17)23-15(4)19(22)21(5)16-8-10-20-11-9-16/h6-7,12-13,15-16,20H,8-11H2,1-5H3. The first kappa shape index (κ1) is 17.8. The number of amides is 1. The Labute approximate surface area is 140 Å². The Balaban J connectivity index is 2.07. The highest BCUT2D eigenvalue weighted by molar-refractivity contribution is 5.81. The zero-order valence-corrected chi connectivity index (χ0v) is 15.1. The normalized spacial score (nSPS) is 17.1. The number of piperidine rings is 1. The summed E-state index contributed by atoms with van der Waals surface area (Å²) in [6.07, 6.45) is 1.56. The summed E-state index contributed by atoms with van der Waals surface area (Å²) < 4.78 is 6.05. The van der Waals surface area contributed by atoms with Gasteiger partial charge in [-0.3, -0.25) is 4.79 Å². The fourth-order valence-corrected chi connectivity index (χ4v) is 3.12. The van der Waals surface area contributed by atoms with Gasteiger partial charge in [0.1, 0.15) is 5.75 Å². The molecule has 1 aromatic rings. The van der Waals surface area contributed by atoms with Gasteiger partial charge in [0.25, 0.3) is 5.91 Å². The Morgan fingerprint density at radius 2 is 1.91 bits per heavy atom. The SMILES string of the molecule is Cc1ccc(C(C)C)c(OC(C)C(=O)N(C)C2CCNCC2)c1. The maximum atomic E-state index is 12.7. The van der Waals surface area contributed by atoms with Crippen molar-refractivity contribution in [3.05, 3.63) is 29.3 Å². The fourth-order valence-electron chi connectivity index (χ4n) is 3.12. The number of likely N-dealkylation sites (N-methyl/N-ethyl adjacent to an activating group) is 1. The molecule has 1 heterocycles. The number of hydrogen-bond donors (Lipinski definition) is 1. The molecule has 2 rings (SSSR count). The Kier molecular flexibility index (Phi) is 6.05. The van der Waals surface area contributed by atoms with E-state index in [-0.39, 0.29) is 5.91 Å². The highest BCUT2D eigenvalue weighted by Gasteiger charge is 2.27. The quantitative estimate of drug-likeness (QED) is 0.907. The van der Waals surface area contributed by atoms with E-state index in [0.29, 0.717) is 12.0 Å². The van der Waals surface area contributed by atoms with E-state index in [1.807, 2.05) is 31.9 Å². The first-order valence-corrected chi connectivity index (χ1v) is 8.64. The molecule has 1 amide bonds. The molecule has 1 saturated heterocycles. The second-order valence-electron chi connectivity index (χ2n) is 6.89. The minimum Gasteiger partial charge on any atom is -0.481 e. The number of aryl methyl sites for hydroxylation is 1. The van der Waals surface area contributed by atoms with E-state index in [1.165, 1.54) is 0 Å². The number of nitrogens with zero attached hydrogens (tertiary/aromatic N) is 1. The van der Waals surface area contributed by atoms with E-state index >= 15 is 0 Å². The molecule has 0 aromatic heterocycles. The van der Waals surface area contributed by atoms with Crippen LogP contribution in [-0.2, 0) is 4.79 Å².